The third-order valence-corrected chi connectivity index (χ3v) is 6.72. The second-order valence-corrected chi connectivity index (χ2v) is 9.37. The molecule has 194 valence electrons. The van der Waals surface area contributed by atoms with Crippen LogP contribution in [0.3, 0.4) is 0 Å². The second-order valence-electron chi connectivity index (χ2n) is 8.96. The maximum atomic E-state index is 12.9. The number of nitrogens with two attached hydrogens (primary N) is 1. The number of aryl methyl sites for hydroxylation is 1. The highest BCUT2D eigenvalue weighted by atomic mass is 35.5. The summed E-state index contributed by atoms with van der Waals surface area (Å²) < 4.78 is 5.53. The fraction of sp³-hybridized carbons (Fsp3) is 0.423. The van der Waals surface area contributed by atoms with Crippen molar-refractivity contribution in [1.82, 2.24) is 10.2 Å². The first-order valence-electron chi connectivity index (χ1n) is 12.0. The number of hydrogen-bond donors (Lipinski definition) is 4. The highest BCUT2D eigenvalue weighted by Crippen LogP contribution is 2.25. The highest BCUT2D eigenvalue weighted by molar-refractivity contribution is 6.31. The van der Waals surface area contributed by atoms with Crippen molar-refractivity contribution in [2.75, 3.05) is 31.6 Å². The van der Waals surface area contributed by atoms with E-state index in [9.17, 15) is 19.5 Å². The van der Waals surface area contributed by atoms with E-state index >= 15 is 0 Å². The molecular weight excluding hydrogens is 484 g/mol. The maximum absolute atomic E-state index is 12.9. The van der Waals surface area contributed by atoms with Gasteiger partial charge in [-0.05, 0) is 48.6 Å². The highest BCUT2D eigenvalue weighted by Gasteiger charge is 2.39. The van der Waals surface area contributed by atoms with Crippen LogP contribution < -0.4 is 16.4 Å². The average Bonchev–Trinajstić information content (AvgIpc) is 2.89. The van der Waals surface area contributed by atoms with Crippen molar-refractivity contribution in [3.8, 4) is 0 Å². The Kier molecular flexibility index (Phi) is 9.69. The van der Waals surface area contributed by atoms with E-state index in [-0.39, 0.29) is 24.8 Å². The standard InChI is InChI=1S/C26H33ClN4O5/c1-2-18-7-9-20(10-8-18)29-25(35)36-17-26(11-13-31(14-12-26)24(34)22(28)16-32)30-23(33)15-19-5-3-4-6-21(19)27/h3-10,22,32H,2,11-17,28H2,1H3,(H,29,35)(H,30,33)/t22-/m0/s1. The molecule has 1 saturated heterocycles. The van der Waals surface area contributed by atoms with Gasteiger partial charge in [-0.3, -0.25) is 14.9 Å². The number of benzene rings is 2. The van der Waals surface area contributed by atoms with E-state index in [2.05, 4.69) is 10.6 Å². The quantitative estimate of drug-likeness (QED) is 0.404. The number of likely N-dealkylation sites (tertiary alicyclic amines) is 1. The SMILES string of the molecule is CCc1ccc(NC(=O)OCC2(NC(=O)Cc3ccccc3Cl)CCN(C(=O)[C@@H](N)CO)CC2)cc1. The monoisotopic (exact) mass is 516 g/mol. The zero-order valence-corrected chi connectivity index (χ0v) is 21.1. The number of rotatable bonds is 9. The number of aliphatic hydroxyl groups is 1. The predicted molar refractivity (Wildman–Crippen MR) is 138 cm³/mol. The fourth-order valence-corrected chi connectivity index (χ4v) is 4.31. The van der Waals surface area contributed by atoms with Crippen molar-refractivity contribution in [3.63, 3.8) is 0 Å². The van der Waals surface area contributed by atoms with Gasteiger partial charge < -0.3 is 25.8 Å². The fourth-order valence-electron chi connectivity index (χ4n) is 4.11. The summed E-state index contributed by atoms with van der Waals surface area (Å²) in [6, 6.07) is 13.6. The van der Waals surface area contributed by atoms with Gasteiger partial charge in [0, 0.05) is 23.8 Å². The molecule has 1 aliphatic rings. The summed E-state index contributed by atoms with van der Waals surface area (Å²) in [6.07, 6.45) is 1.02. The van der Waals surface area contributed by atoms with E-state index in [1.54, 1.807) is 41.3 Å². The molecule has 0 aliphatic carbocycles. The molecular formula is C26H33ClN4O5. The first-order valence-corrected chi connectivity index (χ1v) is 12.4. The molecule has 1 heterocycles. The minimum atomic E-state index is -0.992. The van der Waals surface area contributed by atoms with E-state index in [1.165, 1.54) is 0 Å². The number of anilines is 1. The van der Waals surface area contributed by atoms with Crippen LogP contribution in [0.15, 0.2) is 48.5 Å². The Morgan fingerprint density at radius 1 is 1.14 bits per heavy atom. The van der Waals surface area contributed by atoms with Crippen LogP contribution in [0.2, 0.25) is 5.02 Å². The number of aliphatic hydroxyl groups excluding tert-OH is 1. The van der Waals surface area contributed by atoms with Crippen LogP contribution in [-0.4, -0.2) is 65.8 Å². The van der Waals surface area contributed by atoms with Gasteiger partial charge in [-0.25, -0.2) is 4.79 Å². The van der Waals surface area contributed by atoms with Gasteiger partial charge in [-0.2, -0.15) is 0 Å². The number of amides is 3. The Morgan fingerprint density at radius 2 is 1.81 bits per heavy atom. The van der Waals surface area contributed by atoms with Crippen LogP contribution >= 0.6 is 11.6 Å². The summed E-state index contributed by atoms with van der Waals surface area (Å²) in [5, 5.41) is 15.4. The molecule has 0 spiro atoms. The lowest BCUT2D eigenvalue weighted by Crippen LogP contribution is -2.60. The Morgan fingerprint density at radius 3 is 2.42 bits per heavy atom. The smallest absolute Gasteiger partial charge is 0.411 e. The molecule has 1 fully saturated rings. The molecule has 2 aromatic carbocycles. The second kappa shape index (κ2) is 12.7. The number of piperidine rings is 1. The zero-order valence-electron chi connectivity index (χ0n) is 20.3. The number of carbonyl (C=O) groups is 3. The zero-order chi connectivity index (χ0) is 26.1. The average molecular weight is 517 g/mol. The first kappa shape index (κ1) is 27.4. The molecule has 0 unspecified atom stereocenters. The van der Waals surface area contributed by atoms with Gasteiger partial charge in [0.25, 0.3) is 0 Å². The van der Waals surface area contributed by atoms with Crippen LogP contribution in [0.1, 0.15) is 30.9 Å². The molecule has 0 saturated carbocycles. The van der Waals surface area contributed by atoms with Crippen LogP contribution in [0, 0.1) is 0 Å². The number of halogens is 1. The van der Waals surface area contributed by atoms with Crippen molar-refractivity contribution < 1.29 is 24.2 Å². The number of hydrogen-bond acceptors (Lipinski definition) is 6. The van der Waals surface area contributed by atoms with E-state index in [4.69, 9.17) is 22.1 Å². The van der Waals surface area contributed by atoms with Gasteiger partial charge in [0.2, 0.25) is 11.8 Å². The van der Waals surface area contributed by atoms with E-state index in [1.807, 2.05) is 19.1 Å². The third-order valence-electron chi connectivity index (χ3n) is 6.35. The van der Waals surface area contributed by atoms with Crippen molar-refractivity contribution >= 4 is 35.2 Å². The Balaban J connectivity index is 1.66. The largest absolute Gasteiger partial charge is 0.447 e. The molecule has 1 atom stereocenters. The summed E-state index contributed by atoms with van der Waals surface area (Å²) >= 11 is 6.21. The van der Waals surface area contributed by atoms with Crippen molar-refractivity contribution in [3.05, 3.63) is 64.7 Å². The van der Waals surface area contributed by atoms with Gasteiger partial charge in [-0.15, -0.1) is 0 Å². The molecule has 5 N–H and O–H groups in total. The molecule has 36 heavy (non-hydrogen) atoms. The molecule has 9 nitrogen and oxygen atoms in total. The minimum Gasteiger partial charge on any atom is -0.447 e. The van der Waals surface area contributed by atoms with Gasteiger partial charge in [0.1, 0.15) is 12.6 Å². The van der Waals surface area contributed by atoms with E-state index in [0.717, 1.165) is 12.0 Å². The minimum absolute atomic E-state index is 0.0649. The maximum Gasteiger partial charge on any atom is 0.411 e. The summed E-state index contributed by atoms with van der Waals surface area (Å²) in [7, 11) is 0. The van der Waals surface area contributed by atoms with Crippen molar-refractivity contribution in [2.24, 2.45) is 5.73 Å². The lowest BCUT2D eigenvalue weighted by atomic mass is 9.87. The third kappa shape index (κ3) is 7.43. The van der Waals surface area contributed by atoms with Crippen molar-refractivity contribution in [1.29, 1.82) is 0 Å². The van der Waals surface area contributed by atoms with Crippen LogP contribution in [-0.2, 0) is 27.2 Å². The van der Waals surface area contributed by atoms with E-state index < -0.39 is 24.3 Å². The van der Waals surface area contributed by atoms with Gasteiger partial charge in [0.05, 0.1) is 18.6 Å². The molecule has 3 rings (SSSR count). The molecule has 0 bridgehead atoms. The molecule has 10 heteroatoms. The van der Waals surface area contributed by atoms with Gasteiger partial charge in [-0.1, -0.05) is 48.9 Å². The first-order chi connectivity index (χ1) is 17.2. The Bertz CT molecular complexity index is 1050. The van der Waals surface area contributed by atoms with Crippen LogP contribution in [0.4, 0.5) is 10.5 Å². The Labute approximate surface area is 215 Å². The number of ether oxygens (including phenoxy) is 1. The summed E-state index contributed by atoms with van der Waals surface area (Å²) in [4.78, 5) is 39.4. The summed E-state index contributed by atoms with van der Waals surface area (Å²) in [6.45, 7) is 2.11. The number of nitrogens with one attached hydrogen (secondary N) is 2. The normalized spacial score (nSPS) is 15.6. The predicted octanol–water partition coefficient (Wildman–Crippen LogP) is 2.49. The lowest BCUT2D eigenvalue weighted by molar-refractivity contribution is -0.136. The number of nitrogens with zero attached hydrogens (tertiary/aromatic N) is 1. The molecule has 0 aromatic heterocycles. The van der Waals surface area contributed by atoms with Crippen LogP contribution in [0.5, 0.6) is 0 Å². The van der Waals surface area contributed by atoms with Gasteiger partial charge >= 0.3 is 6.09 Å². The molecule has 2 aromatic rings. The molecule has 1 aliphatic heterocycles. The van der Waals surface area contributed by atoms with E-state index in [0.29, 0.717) is 42.2 Å². The summed E-state index contributed by atoms with van der Waals surface area (Å²) in [5.74, 6) is -0.628. The molecule has 0 radical (unpaired) electrons. The summed E-state index contributed by atoms with van der Waals surface area (Å²) in [5.41, 5.74) is 7.25. The van der Waals surface area contributed by atoms with Crippen LogP contribution in [0.25, 0.3) is 0 Å². The number of carbonyl (C=O) groups excluding carboxylic acids is 3. The van der Waals surface area contributed by atoms with Gasteiger partial charge in [0.15, 0.2) is 0 Å². The Hall–Kier alpha value is -3.14. The van der Waals surface area contributed by atoms with Crippen molar-refractivity contribution in [2.45, 2.75) is 44.2 Å². The molecule has 3 amide bonds. The topological polar surface area (TPSA) is 134 Å². The lowest BCUT2D eigenvalue weighted by Gasteiger charge is -2.42.